The Morgan fingerprint density at radius 1 is 1.02 bits per heavy atom. The van der Waals surface area contributed by atoms with Crippen molar-refractivity contribution in [3.05, 3.63) is 83.1 Å². The lowest BCUT2D eigenvalue weighted by Crippen LogP contribution is -2.50. The van der Waals surface area contributed by atoms with Gasteiger partial charge in [0.1, 0.15) is 0 Å². The third-order valence-corrected chi connectivity index (χ3v) is 9.01. The maximum atomic E-state index is 13.3. The molecule has 0 bridgehead atoms. The summed E-state index contributed by atoms with van der Waals surface area (Å²) in [6.07, 6.45) is 5.99. The first-order valence-electron chi connectivity index (χ1n) is 15.6. The number of nitrogens with one attached hydrogen (secondary N) is 1. The van der Waals surface area contributed by atoms with Crippen molar-refractivity contribution >= 4 is 28.4 Å². The van der Waals surface area contributed by atoms with E-state index in [2.05, 4.69) is 53.1 Å². The number of hydrogen-bond donors (Lipinski definition) is 2. The number of rotatable bonds is 9. The largest absolute Gasteiger partial charge is 0.388 e. The highest BCUT2D eigenvalue weighted by Crippen LogP contribution is 2.30. The van der Waals surface area contributed by atoms with E-state index in [1.54, 1.807) is 18.2 Å². The van der Waals surface area contributed by atoms with Crippen LogP contribution in [0, 0.1) is 5.92 Å². The number of carbonyl (C=O) groups is 2. The van der Waals surface area contributed by atoms with E-state index in [4.69, 9.17) is 0 Å². The number of amides is 2. The molecule has 3 heterocycles. The molecule has 0 spiro atoms. The summed E-state index contributed by atoms with van der Waals surface area (Å²) in [4.78, 5) is 49.7. The number of piperidine rings is 1. The van der Waals surface area contributed by atoms with Crippen LogP contribution in [-0.4, -0.2) is 93.1 Å². The van der Waals surface area contributed by atoms with Crippen LogP contribution in [0.1, 0.15) is 44.6 Å². The maximum absolute atomic E-state index is 13.3. The minimum atomic E-state index is -1.11. The molecule has 2 aliphatic heterocycles. The van der Waals surface area contributed by atoms with Crippen LogP contribution in [0.2, 0.25) is 0 Å². The summed E-state index contributed by atoms with van der Waals surface area (Å²) in [6, 6.07) is 15.2. The average molecular weight is 601 g/mol. The molecule has 1 unspecified atom stereocenters. The van der Waals surface area contributed by atoms with Crippen LogP contribution >= 0.6 is 0 Å². The van der Waals surface area contributed by atoms with Crippen LogP contribution in [0.25, 0.3) is 10.9 Å². The summed E-state index contributed by atoms with van der Waals surface area (Å²) >= 11 is 0. The Morgan fingerprint density at radius 3 is 2.41 bits per heavy atom. The Hall–Kier alpha value is -4.02. The van der Waals surface area contributed by atoms with Gasteiger partial charge in [0.25, 0.3) is 5.56 Å². The first kappa shape index (κ1) is 31.4. The van der Waals surface area contributed by atoms with Crippen molar-refractivity contribution in [1.29, 1.82) is 0 Å². The molecule has 2 N–H and O–H groups in total. The molecule has 5 rings (SSSR count). The van der Waals surface area contributed by atoms with E-state index in [0.717, 1.165) is 26.2 Å². The van der Waals surface area contributed by atoms with E-state index >= 15 is 0 Å². The van der Waals surface area contributed by atoms with Crippen LogP contribution in [-0.2, 0) is 16.1 Å². The maximum Gasteiger partial charge on any atom is 0.261 e. The van der Waals surface area contributed by atoms with Crippen LogP contribution < -0.4 is 10.9 Å². The monoisotopic (exact) mass is 600 g/mol. The van der Waals surface area contributed by atoms with Gasteiger partial charge in [0.15, 0.2) is 0 Å². The highest BCUT2D eigenvalue weighted by atomic mass is 16.3. The number of fused-ring (bicyclic) bond motifs is 1. The first-order chi connectivity index (χ1) is 21.1. The molecule has 0 aliphatic carbocycles. The Labute approximate surface area is 259 Å². The van der Waals surface area contributed by atoms with Crippen molar-refractivity contribution in [3.63, 3.8) is 0 Å². The molecule has 3 aromatic rings. The van der Waals surface area contributed by atoms with Gasteiger partial charge < -0.3 is 25.1 Å². The summed E-state index contributed by atoms with van der Waals surface area (Å²) in [7, 11) is 2.08. The predicted molar refractivity (Wildman–Crippen MR) is 172 cm³/mol. The molecule has 2 aliphatic rings. The number of anilines is 1. The van der Waals surface area contributed by atoms with Crippen molar-refractivity contribution in [3.8, 4) is 0 Å². The lowest BCUT2D eigenvalue weighted by Gasteiger charge is -2.39. The summed E-state index contributed by atoms with van der Waals surface area (Å²) in [6.45, 7) is 8.95. The van der Waals surface area contributed by atoms with Gasteiger partial charge in [-0.15, -0.1) is 0 Å². The molecule has 2 saturated heterocycles. The van der Waals surface area contributed by atoms with Crippen LogP contribution in [0.3, 0.4) is 0 Å². The highest BCUT2D eigenvalue weighted by molar-refractivity contribution is 6.00. The molecule has 0 saturated carbocycles. The molecular formula is C34H44N6O4. The number of carbonyl (C=O) groups excluding carboxylic acids is 2. The van der Waals surface area contributed by atoms with Crippen molar-refractivity contribution < 1.29 is 14.7 Å². The summed E-state index contributed by atoms with van der Waals surface area (Å²) in [5, 5.41) is 14.6. The standard InChI is InChI=1S/C34H44N6O4/c1-25(2)29(26-7-5-4-6-8-26)22-32(42)39-15-12-34(44,13-16-39)23-40-24-35-30-21-27(9-10-28(30)33(40)43)36-31(41)11-14-38-19-17-37(3)18-20-38/h4-11,14,21,24-25,29,44H,12-13,15-20,22-23H2,1-3H3,(H,36,41). The lowest BCUT2D eigenvalue weighted by molar-refractivity contribution is -0.136. The van der Waals surface area contributed by atoms with Gasteiger partial charge in [-0.05, 0) is 55.5 Å². The van der Waals surface area contributed by atoms with Crippen molar-refractivity contribution in [2.45, 2.75) is 51.2 Å². The van der Waals surface area contributed by atoms with Crippen LogP contribution in [0.15, 0.2) is 71.9 Å². The number of aromatic nitrogens is 2. The number of piperazine rings is 1. The van der Waals surface area contributed by atoms with Gasteiger partial charge in [-0.3, -0.25) is 19.0 Å². The summed E-state index contributed by atoms with van der Waals surface area (Å²) in [5.41, 5.74) is 0.824. The van der Waals surface area contributed by atoms with Crippen LogP contribution in [0.4, 0.5) is 5.69 Å². The van der Waals surface area contributed by atoms with Gasteiger partial charge in [0, 0.05) is 63.7 Å². The van der Waals surface area contributed by atoms with Crippen LogP contribution in [0.5, 0.6) is 0 Å². The number of likely N-dealkylation sites (tertiary alicyclic amines) is 1. The third-order valence-electron chi connectivity index (χ3n) is 9.01. The molecular weight excluding hydrogens is 556 g/mol. The van der Waals surface area contributed by atoms with E-state index in [9.17, 15) is 19.5 Å². The quantitative estimate of drug-likeness (QED) is 0.363. The molecule has 2 fully saturated rings. The van der Waals surface area contributed by atoms with Gasteiger partial charge in [-0.1, -0.05) is 44.2 Å². The number of benzene rings is 2. The fraction of sp³-hybridized carbons (Fsp3) is 0.471. The van der Waals surface area contributed by atoms with Crippen molar-refractivity contribution in [1.82, 2.24) is 24.3 Å². The van der Waals surface area contributed by atoms with Gasteiger partial charge >= 0.3 is 0 Å². The highest BCUT2D eigenvalue weighted by Gasteiger charge is 2.35. The molecule has 44 heavy (non-hydrogen) atoms. The van der Waals surface area contributed by atoms with E-state index < -0.39 is 5.60 Å². The molecule has 234 valence electrons. The topological polar surface area (TPSA) is 111 Å². The minimum absolute atomic E-state index is 0.0943. The van der Waals surface area contributed by atoms with Crippen molar-refractivity contribution in [2.75, 3.05) is 51.6 Å². The summed E-state index contributed by atoms with van der Waals surface area (Å²) in [5.74, 6) is 0.311. The van der Waals surface area contributed by atoms with Crippen molar-refractivity contribution in [2.24, 2.45) is 5.92 Å². The Kier molecular flexibility index (Phi) is 9.80. The lowest BCUT2D eigenvalue weighted by atomic mass is 9.84. The SMILES string of the molecule is CC(C)C(CC(=O)N1CCC(O)(Cn2cnc3cc(NC(=O)C=CN4CCN(C)CC4)ccc3c2=O)CC1)c1ccccc1. The molecule has 0 radical (unpaired) electrons. The van der Waals surface area contributed by atoms with E-state index in [1.165, 1.54) is 22.5 Å². The second-order valence-electron chi connectivity index (χ2n) is 12.6. The fourth-order valence-electron chi connectivity index (χ4n) is 6.08. The fourth-order valence-corrected chi connectivity index (χ4v) is 6.08. The second kappa shape index (κ2) is 13.7. The number of nitrogens with zero attached hydrogens (tertiary/aromatic N) is 5. The van der Waals surface area contributed by atoms with Gasteiger partial charge in [-0.25, -0.2) is 4.98 Å². The van der Waals surface area contributed by atoms with Gasteiger partial charge in [0.05, 0.1) is 29.4 Å². The predicted octanol–water partition coefficient (Wildman–Crippen LogP) is 3.28. The number of hydrogen-bond acceptors (Lipinski definition) is 7. The first-order valence-corrected chi connectivity index (χ1v) is 15.6. The zero-order valence-electron chi connectivity index (χ0n) is 26.0. The van der Waals surface area contributed by atoms with Gasteiger partial charge in [-0.2, -0.15) is 0 Å². The average Bonchev–Trinajstić information content (AvgIpc) is 3.01. The van der Waals surface area contributed by atoms with E-state index in [1.807, 2.05) is 29.3 Å². The zero-order chi connectivity index (χ0) is 31.3. The molecule has 1 aromatic heterocycles. The Morgan fingerprint density at radius 2 is 1.73 bits per heavy atom. The molecule has 2 amide bonds. The second-order valence-corrected chi connectivity index (χ2v) is 12.6. The molecule has 10 heteroatoms. The Bertz CT molecular complexity index is 1540. The van der Waals surface area contributed by atoms with Gasteiger partial charge in [0.2, 0.25) is 11.8 Å². The number of aliphatic hydroxyl groups is 1. The Balaban J connectivity index is 1.17. The normalized spacial score (nSPS) is 18.2. The summed E-state index contributed by atoms with van der Waals surface area (Å²) < 4.78 is 1.45. The number of likely N-dealkylation sites (N-methyl/N-ethyl adjacent to an activating group) is 1. The third kappa shape index (κ3) is 7.73. The van der Waals surface area contributed by atoms with E-state index in [0.29, 0.717) is 54.9 Å². The van der Waals surface area contributed by atoms with E-state index in [-0.39, 0.29) is 29.8 Å². The zero-order valence-corrected chi connectivity index (χ0v) is 26.0. The molecule has 1 atom stereocenters. The molecule has 2 aromatic carbocycles. The molecule has 10 nitrogen and oxygen atoms in total. The minimum Gasteiger partial charge on any atom is -0.388 e. The smallest absolute Gasteiger partial charge is 0.261 e.